The maximum Gasteiger partial charge on any atom is 0.324 e. The van der Waals surface area contributed by atoms with Gasteiger partial charge in [-0.1, -0.05) is 115 Å². The van der Waals surface area contributed by atoms with Crippen LogP contribution in [-0.2, 0) is 8.85 Å². The third kappa shape index (κ3) is 10.5. The third-order valence-corrected chi connectivity index (χ3v) is 16.7. The second-order valence-corrected chi connectivity index (χ2v) is 18.9. The van der Waals surface area contributed by atoms with Crippen LogP contribution < -0.4 is 0 Å². The van der Waals surface area contributed by atoms with Gasteiger partial charge in [0.15, 0.2) is 0 Å². The standard InChI is InChI=1S/C32H50O4Si2/c1-5-9-23-37(24-10-6-2,35-31(33)29-19-15-13-16-20-29)27-28-38(25-11-7-3,26-12-8-4)36-32(34)30-21-17-14-18-22-30/h13-22H,5-12,23-28H2,1-4H3. The van der Waals surface area contributed by atoms with E-state index >= 15 is 0 Å². The largest absolute Gasteiger partial charge is 0.516 e. The summed E-state index contributed by atoms with van der Waals surface area (Å²) in [6.07, 6.45) is 8.62. The van der Waals surface area contributed by atoms with Crippen molar-refractivity contribution >= 4 is 28.6 Å². The van der Waals surface area contributed by atoms with Gasteiger partial charge in [0.1, 0.15) is 0 Å². The second kappa shape index (κ2) is 17.4. The number of hydrogen-bond acceptors (Lipinski definition) is 4. The molecule has 0 saturated heterocycles. The van der Waals surface area contributed by atoms with Gasteiger partial charge in [0.2, 0.25) is 0 Å². The lowest BCUT2D eigenvalue weighted by molar-refractivity contribution is 0.0699. The van der Waals surface area contributed by atoms with Crippen molar-refractivity contribution in [2.75, 3.05) is 0 Å². The Morgan fingerprint density at radius 3 is 1.05 bits per heavy atom. The summed E-state index contributed by atoms with van der Waals surface area (Å²) < 4.78 is 13.2. The monoisotopic (exact) mass is 554 g/mol. The van der Waals surface area contributed by atoms with Gasteiger partial charge >= 0.3 is 11.9 Å². The molecule has 0 amide bonds. The molecule has 0 aliphatic carbocycles. The zero-order chi connectivity index (χ0) is 27.7. The van der Waals surface area contributed by atoms with Gasteiger partial charge in [-0.2, -0.15) is 0 Å². The van der Waals surface area contributed by atoms with Crippen LogP contribution in [0.2, 0.25) is 36.3 Å². The SMILES string of the molecule is CCCC[Si](CCCC)(CC[Si](CCCC)(CCCC)OC(=O)c1ccccc1)OC(=O)c1ccccc1. The van der Waals surface area contributed by atoms with Crippen molar-refractivity contribution in [2.45, 2.75) is 115 Å². The molecule has 0 atom stereocenters. The summed E-state index contributed by atoms with van der Waals surface area (Å²) in [7, 11) is -4.82. The van der Waals surface area contributed by atoms with Gasteiger partial charge in [-0.25, -0.2) is 9.59 Å². The Balaban J connectivity index is 2.39. The molecule has 0 bridgehead atoms. The maximum absolute atomic E-state index is 13.4. The molecule has 2 aromatic carbocycles. The Labute approximate surface area is 233 Å². The predicted molar refractivity (Wildman–Crippen MR) is 164 cm³/mol. The van der Waals surface area contributed by atoms with E-state index in [0.29, 0.717) is 11.1 Å². The smallest absolute Gasteiger partial charge is 0.324 e. The highest BCUT2D eigenvalue weighted by Gasteiger charge is 2.44. The van der Waals surface area contributed by atoms with Gasteiger partial charge in [-0.05, 0) is 60.5 Å². The van der Waals surface area contributed by atoms with Crippen molar-refractivity contribution in [2.24, 2.45) is 0 Å². The van der Waals surface area contributed by atoms with Crippen LogP contribution in [-0.4, -0.2) is 28.6 Å². The molecular formula is C32H50O4Si2. The molecule has 38 heavy (non-hydrogen) atoms. The predicted octanol–water partition coefficient (Wildman–Crippen LogP) is 9.79. The molecule has 2 aromatic rings. The molecule has 0 radical (unpaired) electrons. The summed E-state index contributed by atoms with van der Waals surface area (Å²) in [5.41, 5.74) is 1.27. The molecule has 2 rings (SSSR count). The number of unbranched alkanes of at least 4 members (excludes halogenated alkanes) is 4. The Bertz CT molecular complexity index is 839. The highest BCUT2D eigenvalue weighted by Crippen LogP contribution is 2.37. The van der Waals surface area contributed by atoms with E-state index in [0.717, 1.165) is 87.6 Å². The van der Waals surface area contributed by atoms with Crippen molar-refractivity contribution in [3.63, 3.8) is 0 Å². The fraction of sp³-hybridized carbons (Fsp3) is 0.562. The minimum absolute atomic E-state index is 0.180. The Hall–Kier alpha value is -2.19. The molecule has 0 aromatic heterocycles. The van der Waals surface area contributed by atoms with Gasteiger partial charge in [0.25, 0.3) is 16.6 Å². The first-order valence-electron chi connectivity index (χ1n) is 15.0. The number of benzene rings is 2. The summed E-state index contributed by atoms with van der Waals surface area (Å²) in [5.74, 6) is -0.361. The minimum atomic E-state index is -2.41. The van der Waals surface area contributed by atoms with E-state index in [1.54, 1.807) is 0 Å². The van der Waals surface area contributed by atoms with Gasteiger partial charge in [0.05, 0.1) is 11.1 Å². The number of carbonyl (C=O) groups excluding carboxylic acids is 2. The maximum atomic E-state index is 13.4. The molecule has 0 fully saturated rings. The van der Waals surface area contributed by atoms with Gasteiger partial charge in [-0.15, -0.1) is 0 Å². The first kappa shape index (κ1) is 32.0. The van der Waals surface area contributed by atoms with Gasteiger partial charge < -0.3 is 8.85 Å². The Kier molecular flexibility index (Phi) is 14.7. The van der Waals surface area contributed by atoms with E-state index in [2.05, 4.69) is 27.7 Å². The Morgan fingerprint density at radius 1 is 0.500 bits per heavy atom. The van der Waals surface area contributed by atoms with Crippen molar-refractivity contribution in [3.05, 3.63) is 71.8 Å². The van der Waals surface area contributed by atoms with E-state index in [1.165, 1.54) is 0 Å². The summed E-state index contributed by atoms with van der Waals surface area (Å²) in [6, 6.07) is 24.6. The lowest BCUT2D eigenvalue weighted by Crippen LogP contribution is -2.46. The number of hydrogen-bond donors (Lipinski definition) is 0. The fourth-order valence-electron chi connectivity index (χ4n) is 5.17. The van der Waals surface area contributed by atoms with Crippen molar-refractivity contribution in [1.29, 1.82) is 0 Å². The molecule has 210 valence electrons. The van der Waals surface area contributed by atoms with Crippen LogP contribution in [0.5, 0.6) is 0 Å². The first-order valence-corrected chi connectivity index (χ1v) is 20.1. The van der Waals surface area contributed by atoms with Crippen molar-refractivity contribution in [3.8, 4) is 0 Å². The van der Waals surface area contributed by atoms with Crippen molar-refractivity contribution in [1.82, 2.24) is 0 Å². The molecule has 0 aliphatic rings. The van der Waals surface area contributed by atoms with Crippen LogP contribution >= 0.6 is 0 Å². The fourth-order valence-corrected chi connectivity index (χ4v) is 15.9. The minimum Gasteiger partial charge on any atom is -0.516 e. The number of rotatable bonds is 19. The summed E-state index contributed by atoms with van der Waals surface area (Å²) in [6.45, 7) is 8.84. The average molecular weight is 555 g/mol. The highest BCUT2D eigenvalue weighted by atomic mass is 28.4. The lowest BCUT2D eigenvalue weighted by atomic mass is 10.2. The summed E-state index contributed by atoms with van der Waals surface area (Å²) >= 11 is 0. The van der Waals surface area contributed by atoms with Crippen LogP contribution in [0.3, 0.4) is 0 Å². The summed E-state index contributed by atoms with van der Waals surface area (Å²) in [5, 5.41) is 0. The van der Waals surface area contributed by atoms with E-state index in [4.69, 9.17) is 8.85 Å². The van der Waals surface area contributed by atoms with Crippen molar-refractivity contribution < 1.29 is 18.4 Å². The first-order chi connectivity index (χ1) is 18.4. The molecule has 0 spiro atoms. The number of carbonyl (C=O) groups is 2. The molecule has 0 unspecified atom stereocenters. The Morgan fingerprint density at radius 2 is 0.789 bits per heavy atom. The second-order valence-electron chi connectivity index (χ2n) is 10.8. The zero-order valence-corrected chi connectivity index (χ0v) is 26.3. The van der Waals surface area contributed by atoms with Crippen LogP contribution in [0.4, 0.5) is 0 Å². The molecule has 6 heteroatoms. The molecule has 0 heterocycles. The quantitative estimate of drug-likeness (QED) is 0.162. The topological polar surface area (TPSA) is 52.6 Å². The molecule has 0 aliphatic heterocycles. The van der Waals surface area contributed by atoms with Crippen LogP contribution in [0.25, 0.3) is 0 Å². The molecular weight excluding hydrogens is 505 g/mol. The summed E-state index contributed by atoms with van der Waals surface area (Å²) in [4.78, 5) is 26.7. The lowest BCUT2D eigenvalue weighted by Gasteiger charge is -2.37. The molecule has 0 saturated carbocycles. The zero-order valence-electron chi connectivity index (χ0n) is 24.3. The van der Waals surface area contributed by atoms with Crippen LogP contribution in [0.1, 0.15) is 99.8 Å². The van der Waals surface area contributed by atoms with Gasteiger partial charge in [-0.3, -0.25) is 0 Å². The molecule has 0 N–H and O–H groups in total. The average Bonchev–Trinajstić information content (AvgIpc) is 2.96. The highest BCUT2D eigenvalue weighted by molar-refractivity contribution is 6.80. The van der Waals surface area contributed by atoms with Crippen LogP contribution in [0, 0.1) is 0 Å². The normalized spacial score (nSPS) is 11.8. The van der Waals surface area contributed by atoms with E-state index in [-0.39, 0.29) is 11.9 Å². The van der Waals surface area contributed by atoms with E-state index in [9.17, 15) is 9.59 Å². The van der Waals surface area contributed by atoms with E-state index in [1.807, 2.05) is 60.7 Å². The van der Waals surface area contributed by atoms with Crippen LogP contribution in [0.15, 0.2) is 60.7 Å². The molecule has 4 nitrogen and oxygen atoms in total. The van der Waals surface area contributed by atoms with E-state index < -0.39 is 16.6 Å². The van der Waals surface area contributed by atoms with Gasteiger partial charge in [0, 0.05) is 0 Å². The third-order valence-electron chi connectivity index (χ3n) is 7.62.